The quantitative estimate of drug-likeness (QED) is 0.803. The summed E-state index contributed by atoms with van der Waals surface area (Å²) in [6, 6.07) is 10.4. The predicted octanol–water partition coefficient (Wildman–Crippen LogP) is 2.19. The largest absolute Gasteiger partial charge is 0.384 e. The summed E-state index contributed by atoms with van der Waals surface area (Å²) in [6.07, 6.45) is 0. The summed E-state index contributed by atoms with van der Waals surface area (Å²) in [6.45, 7) is 5.67. The number of hydrogen-bond acceptors (Lipinski definition) is 2. The fourth-order valence-corrected chi connectivity index (χ4v) is 2.02. The van der Waals surface area contributed by atoms with Crippen LogP contribution in [0.3, 0.4) is 0 Å². The van der Waals surface area contributed by atoms with Crippen LogP contribution in [-0.2, 0) is 10.2 Å². The lowest BCUT2D eigenvalue weighted by atomic mass is 9.72. The smallest absolute Gasteiger partial charge is 0.0573 e. The first-order chi connectivity index (χ1) is 7.17. The van der Waals surface area contributed by atoms with Crippen LogP contribution in [0, 0.1) is 5.92 Å². The van der Waals surface area contributed by atoms with Gasteiger partial charge in [0.1, 0.15) is 0 Å². The summed E-state index contributed by atoms with van der Waals surface area (Å²) in [4.78, 5) is 0. The Morgan fingerprint density at radius 3 is 2.27 bits per heavy atom. The Hall–Kier alpha value is -0.860. The lowest BCUT2D eigenvalue weighted by Crippen LogP contribution is -2.44. The van der Waals surface area contributed by atoms with E-state index in [0.717, 1.165) is 0 Å². The number of benzene rings is 1. The third-order valence-corrected chi connectivity index (χ3v) is 3.22. The van der Waals surface area contributed by atoms with Crippen molar-refractivity contribution in [2.45, 2.75) is 19.3 Å². The van der Waals surface area contributed by atoms with E-state index < -0.39 is 0 Å². The van der Waals surface area contributed by atoms with Crippen LogP contribution in [-0.4, -0.2) is 20.3 Å². The summed E-state index contributed by atoms with van der Waals surface area (Å²) in [5, 5.41) is 0. The van der Waals surface area contributed by atoms with E-state index in [1.54, 1.807) is 7.11 Å². The molecular weight excluding hydrogens is 186 g/mol. The van der Waals surface area contributed by atoms with E-state index in [1.165, 1.54) is 5.56 Å². The lowest BCUT2D eigenvalue weighted by molar-refractivity contribution is 0.105. The molecule has 1 rings (SSSR count). The van der Waals surface area contributed by atoms with E-state index in [2.05, 4.69) is 38.1 Å². The first-order valence-electron chi connectivity index (χ1n) is 5.42. The molecule has 0 bridgehead atoms. The van der Waals surface area contributed by atoms with E-state index in [1.807, 2.05) is 6.07 Å². The molecule has 15 heavy (non-hydrogen) atoms. The Morgan fingerprint density at radius 1 is 1.27 bits per heavy atom. The fraction of sp³-hybridized carbons (Fsp3) is 0.538. The van der Waals surface area contributed by atoms with E-state index in [9.17, 15) is 0 Å². The molecule has 0 aliphatic heterocycles. The van der Waals surface area contributed by atoms with Gasteiger partial charge in [-0.05, 0) is 11.5 Å². The van der Waals surface area contributed by atoms with Crippen LogP contribution in [0.2, 0.25) is 0 Å². The van der Waals surface area contributed by atoms with E-state index >= 15 is 0 Å². The van der Waals surface area contributed by atoms with Crippen molar-refractivity contribution in [3.05, 3.63) is 35.9 Å². The molecule has 1 atom stereocenters. The van der Waals surface area contributed by atoms with Crippen molar-refractivity contribution in [3.63, 3.8) is 0 Å². The minimum absolute atomic E-state index is 0.0595. The first-order valence-corrected chi connectivity index (χ1v) is 5.42. The summed E-state index contributed by atoms with van der Waals surface area (Å²) >= 11 is 0. The van der Waals surface area contributed by atoms with Crippen LogP contribution in [0.4, 0.5) is 0 Å². The van der Waals surface area contributed by atoms with Crippen molar-refractivity contribution in [1.82, 2.24) is 0 Å². The zero-order chi connectivity index (χ0) is 11.3. The van der Waals surface area contributed by atoms with Crippen molar-refractivity contribution in [3.8, 4) is 0 Å². The van der Waals surface area contributed by atoms with Gasteiger partial charge < -0.3 is 10.5 Å². The molecule has 0 radical (unpaired) electrons. The number of rotatable bonds is 5. The zero-order valence-electron chi connectivity index (χ0n) is 9.86. The molecule has 0 saturated carbocycles. The van der Waals surface area contributed by atoms with Gasteiger partial charge in [-0.2, -0.15) is 0 Å². The van der Waals surface area contributed by atoms with Gasteiger partial charge in [-0.25, -0.2) is 0 Å². The summed E-state index contributed by atoms with van der Waals surface area (Å²) in [5.41, 5.74) is 7.16. The minimum Gasteiger partial charge on any atom is -0.384 e. The molecule has 0 saturated heterocycles. The highest BCUT2D eigenvalue weighted by Crippen LogP contribution is 2.31. The van der Waals surface area contributed by atoms with Gasteiger partial charge in [-0.3, -0.25) is 0 Å². The van der Waals surface area contributed by atoms with E-state index in [4.69, 9.17) is 10.5 Å². The third kappa shape index (κ3) is 2.39. The van der Waals surface area contributed by atoms with Crippen LogP contribution < -0.4 is 5.73 Å². The third-order valence-electron chi connectivity index (χ3n) is 3.22. The SMILES string of the molecule is COCC(CN)(c1ccccc1)C(C)C. The van der Waals surface area contributed by atoms with Crippen molar-refractivity contribution in [1.29, 1.82) is 0 Å². The first kappa shape index (κ1) is 12.2. The second-order valence-electron chi connectivity index (χ2n) is 4.31. The van der Waals surface area contributed by atoms with Gasteiger partial charge in [0, 0.05) is 19.1 Å². The molecule has 0 aliphatic rings. The molecule has 0 aliphatic carbocycles. The van der Waals surface area contributed by atoms with Gasteiger partial charge in [-0.1, -0.05) is 44.2 Å². The molecule has 1 unspecified atom stereocenters. The predicted molar refractivity (Wildman–Crippen MR) is 63.9 cm³/mol. The van der Waals surface area contributed by atoms with Crippen LogP contribution >= 0.6 is 0 Å². The molecule has 0 aromatic heterocycles. The van der Waals surface area contributed by atoms with Gasteiger partial charge in [0.2, 0.25) is 0 Å². The maximum absolute atomic E-state index is 5.95. The Bertz CT molecular complexity index is 284. The molecule has 2 nitrogen and oxygen atoms in total. The molecule has 0 spiro atoms. The van der Waals surface area contributed by atoms with Crippen LogP contribution in [0.25, 0.3) is 0 Å². The van der Waals surface area contributed by atoms with Gasteiger partial charge in [0.05, 0.1) is 6.61 Å². The van der Waals surface area contributed by atoms with Gasteiger partial charge in [0.25, 0.3) is 0 Å². The second-order valence-corrected chi connectivity index (χ2v) is 4.31. The molecule has 2 N–H and O–H groups in total. The monoisotopic (exact) mass is 207 g/mol. The lowest BCUT2D eigenvalue weighted by Gasteiger charge is -2.36. The van der Waals surface area contributed by atoms with Crippen molar-refractivity contribution in [2.75, 3.05) is 20.3 Å². The number of nitrogens with two attached hydrogens (primary N) is 1. The molecule has 0 heterocycles. The molecule has 1 aromatic rings. The minimum atomic E-state index is -0.0595. The summed E-state index contributed by atoms with van der Waals surface area (Å²) < 4.78 is 5.33. The van der Waals surface area contributed by atoms with Gasteiger partial charge in [-0.15, -0.1) is 0 Å². The van der Waals surface area contributed by atoms with Crippen LogP contribution in [0.5, 0.6) is 0 Å². The fourth-order valence-electron chi connectivity index (χ4n) is 2.02. The molecular formula is C13H21NO. The van der Waals surface area contributed by atoms with E-state index in [-0.39, 0.29) is 5.41 Å². The normalized spacial score (nSPS) is 15.3. The highest BCUT2D eigenvalue weighted by molar-refractivity contribution is 5.27. The maximum Gasteiger partial charge on any atom is 0.0573 e. The Kier molecular flexibility index (Phi) is 4.30. The topological polar surface area (TPSA) is 35.2 Å². The second kappa shape index (κ2) is 5.29. The molecule has 84 valence electrons. The van der Waals surface area contributed by atoms with E-state index in [0.29, 0.717) is 19.1 Å². The van der Waals surface area contributed by atoms with Gasteiger partial charge >= 0.3 is 0 Å². The Labute approximate surface area is 92.4 Å². The number of ether oxygens (including phenoxy) is 1. The molecule has 1 aromatic carbocycles. The molecule has 2 heteroatoms. The Balaban J connectivity index is 3.09. The van der Waals surface area contributed by atoms with Crippen LogP contribution in [0.15, 0.2) is 30.3 Å². The Morgan fingerprint density at radius 2 is 1.87 bits per heavy atom. The van der Waals surface area contributed by atoms with Crippen molar-refractivity contribution >= 4 is 0 Å². The van der Waals surface area contributed by atoms with Gasteiger partial charge in [0.15, 0.2) is 0 Å². The average Bonchev–Trinajstić information content (AvgIpc) is 2.26. The number of methoxy groups -OCH3 is 1. The highest BCUT2D eigenvalue weighted by atomic mass is 16.5. The summed E-state index contributed by atoms with van der Waals surface area (Å²) in [5.74, 6) is 0.463. The summed E-state index contributed by atoms with van der Waals surface area (Å²) in [7, 11) is 1.73. The van der Waals surface area contributed by atoms with Crippen molar-refractivity contribution < 1.29 is 4.74 Å². The highest BCUT2D eigenvalue weighted by Gasteiger charge is 2.34. The zero-order valence-corrected chi connectivity index (χ0v) is 9.86. The molecule has 0 amide bonds. The van der Waals surface area contributed by atoms with Crippen molar-refractivity contribution in [2.24, 2.45) is 11.7 Å². The van der Waals surface area contributed by atoms with Crippen LogP contribution in [0.1, 0.15) is 19.4 Å². The molecule has 0 fully saturated rings. The maximum atomic E-state index is 5.95. The standard InChI is InChI=1S/C13H21NO/c1-11(2)13(9-14,10-15-3)12-7-5-4-6-8-12/h4-8,11H,9-10,14H2,1-3H3. The average molecular weight is 207 g/mol. The number of hydrogen-bond donors (Lipinski definition) is 1.